The Balaban J connectivity index is 1.92. The molecular formula is C11H19N3O. The molecule has 2 rings (SSSR count). The van der Waals surface area contributed by atoms with Crippen molar-refractivity contribution in [2.45, 2.75) is 26.4 Å². The van der Waals surface area contributed by atoms with Crippen LogP contribution in [0, 0.1) is 5.92 Å². The molecule has 1 aromatic rings. The van der Waals surface area contributed by atoms with Gasteiger partial charge in [-0.2, -0.15) is 0 Å². The van der Waals surface area contributed by atoms with E-state index in [1.165, 1.54) is 5.69 Å². The summed E-state index contributed by atoms with van der Waals surface area (Å²) in [6, 6.07) is 0. The van der Waals surface area contributed by atoms with Crippen molar-refractivity contribution >= 4 is 0 Å². The molecule has 1 unspecified atom stereocenters. The normalized spacial score (nSPS) is 22.4. The Hall–Kier alpha value is -0.870. The Morgan fingerprint density at radius 1 is 1.60 bits per heavy atom. The number of aliphatic hydroxyl groups excluding tert-OH is 1. The van der Waals surface area contributed by atoms with Gasteiger partial charge >= 0.3 is 0 Å². The lowest BCUT2D eigenvalue weighted by atomic mass is 10.1. The predicted octanol–water partition coefficient (Wildman–Crippen LogP) is 0.717. The highest BCUT2D eigenvalue weighted by Gasteiger charge is 2.22. The molecule has 1 aliphatic rings. The number of hydrogen-bond acceptors (Lipinski definition) is 3. The minimum absolute atomic E-state index is 0.323. The number of rotatable bonds is 4. The first-order valence-corrected chi connectivity index (χ1v) is 5.65. The smallest absolute Gasteiger partial charge is 0.0948 e. The van der Waals surface area contributed by atoms with Crippen LogP contribution in [-0.2, 0) is 13.1 Å². The third kappa shape index (κ3) is 2.38. The Labute approximate surface area is 90.5 Å². The van der Waals surface area contributed by atoms with Gasteiger partial charge < -0.3 is 9.67 Å². The van der Waals surface area contributed by atoms with Crippen molar-refractivity contribution in [3.8, 4) is 0 Å². The highest BCUT2D eigenvalue weighted by molar-refractivity contribution is 4.98. The van der Waals surface area contributed by atoms with Crippen LogP contribution in [0.15, 0.2) is 12.5 Å². The van der Waals surface area contributed by atoms with E-state index < -0.39 is 0 Å². The Morgan fingerprint density at radius 2 is 2.47 bits per heavy atom. The van der Waals surface area contributed by atoms with Crippen molar-refractivity contribution in [2.24, 2.45) is 5.92 Å². The van der Waals surface area contributed by atoms with Gasteiger partial charge in [0, 0.05) is 32.4 Å². The van der Waals surface area contributed by atoms with E-state index >= 15 is 0 Å². The Kier molecular flexibility index (Phi) is 3.38. The summed E-state index contributed by atoms with van der Waals surface area (Å²) in [6.45, 7) is 6.51. The van der Waals surface area contributed by atoms with Crippen molar-refractivity contribution in [3.05, 3.63) is 18.2 Å². The summed E-state index contributed by atoms with van der Waals surface area (Å²) in [5.74, 6) is 0.475. The highest BCUT2D eigenvalue weighted by atomic mass is 16.3. The largest absolute Gasteiger partial charge is 0.396 e. The molecule has 0 aliphatic carbocycles. The first-order valence-electron chi connectivity index (χ1n) is 5.65. The van der Waals surface area contributed by atoms with Gasteiger partial charge in [-0.15, -0.1) is 0 Å². The zero-order chi connectivity index (χ0) is 10.7. The SMILES string of the molecule is CCn1cncc1CN1CCC(CO)C1. The minimum Gasteiger partial charge on any atom is -0.396 e. The number of nitrogens with zero attached hydrogens (tertiary/aromatic N) is 3. The van der Waals surface area contributed by atoms with Gasteiger partial charge in [-0.1, -0.05) is 0 Å². The number of aryl methyl sites for hydroxylation is 1. The van der Waals surface area contributed by atoms with Crippen molar-refractivity contribution in [1.29, 1.82) is 0 Å². The highest BCUT2D eigenvalue weighted by Crippen LogP contribution is 2.17. The van der Waals surface area contributed by atoms with Gasteiger partial charge in [0.25, 0.3) is 0 Å². The number of imidazole rings is 1. The lowest BCUT2D eigenvalue weighted by Gasteiger charge is -2.16. The summed E-state index contributed by atoms with van der Waals surface area (Å²) in [4.78, 5) is 6.55. The van der Waals surface area contributed by atoms with Gasteiger partial charge in [0.1, 0.15) is 0 Å². The molecule has 15 heavy (non-hydrogen) atoms. The molecule has 84 valence electrons. The van der Waals surface area contributed by atoms with Crippen molar-refractivity contribution in [1.82, 2.24) is 14.5 Å². The summed E-state index contributed by atoms with van der Waals surface area (Å²) in [7, 11) is 0. The molecule has 1 saturated heterocycles. The average molecular weight is 209 g/mol. The Morgan fingerprint density at radius 3 is 3.13 bits per heavy atom. The maximum absolute atomic E-state index is 9.07. The van der Waals surface area contributed by atoms with Crippen LogP contribution < -0.4 is 0 Å². The first kappa shape index (κ1) is 10.6. The van der Waals surface area contributed by atoms with Crippen molar-refractivity contribution < 1.29 is 5.11 Å². The molecule has 1 aliphatic heterocycles. The molecule has 1 N–H and O–H groups in total. The lowest BCUT2D eigenvalue weighted by molar-refractivity contribution is 0.219. The van der Waals surface area contributed by atoms with Crippen LogP contribution in [0.2, 0.25) is 0 Å². The van der Waals surface area contributed by atoms with E-state index in [1.807, 2.05) is 12.5 Å². The van der Waals surface area contributed by atoms with Crippen LogP contribution in [0.5, 0.6) is 0 Å². The number of aromatic nitrogens is 2. The monoisotopic (exact) mass is 209 g/mol. The third-order valence-corrected chi connectivity index (χ3v) is 3.15. The molecule has 0 spiro atoms. The molecule has 1 atom stereocenters. The minimum atomic E-state index is 0.323. The van der Waals surface area contributed by atoms with Gasteiger partial charge in [0.15, 0.2) is 0 Å². The van der Waals surface area contributed by atoms with Crippen LogP contribution in [0.4, 0.5) is 0 Å². The third-order valence-electron chi connectivity index (χ3n) is 3.15. The summed E-state index contributed by atoms with van der Waals surface area (Å²) >= 11 is 0. The average Bonchev–Trinajstić information content (AvgIpc) is 2.87. The van der Waals surface area contributed by atoms with Gasteiger partial charge in [-0.05, 0) is 25.8 Å². The van der Waals surface area contributed by atoms with E-state index in [2.05, 4.69) is 21.4 Å². The zero-order valence-electron chi connectivity index (χ0n) is 9.26. The van der Waals surface area contributed by atoms with Crippen molar-refractivity contribution in [3.63, 3.8) is 0 Å². The number of hydrogen-bond donors (Lipinski definition) is 1. The summed E-state index contributed by atoms with van der Waals surface area (Å²) < 4.78 is 2.17. The van der Waals surface area contributed by atoms with E-state index in [4.69, 9.17) is 5.11 Å². The van der Waals surface area contributed by atoms with Crippen molar-refractivity contribution in [2.75, 3.05) is 19.7 Å². The van der Waals surface area contributed by atoms with Crippen LogP contribution in [0.1, 0.15) is 19.0 Å². The molecule has 2 heterocycles. The first-order chi connectivity index (χ1) is 7.33. The lowest BCUT2D eigenvalue weighted by Crippen LogP contribution is -2.22. The van der Waals surface area contributed by atoms with E-state index in [1.54, 1.807) is 0 Å². The molecule has 0 aromatic carbocycles. The topological polar surface area (TPSA) is 41.3 Å². The molecule has 4 heteroatoms. The van der Waals surface area contributed by atoms with Crippen LogP contribution in [-0.4, -0.2) is 39.3 Å². The summed E-state index contributed by atoms with van der Waals surface area (Å²) in [6.07, 6.45) is 4.95. The maximum Gasteiger partial charge on any atom is 0.0948 e. The Bertz CT molecular complexity index is 311. The summed E-state index contributed by atoms with van der Waals surface area (Å²) in [5.41, 5.74) is 1.27. The predicted molar refractivity (Wildman–Crippen MR) is 58.4 cm³/mol. The van der Waals surface area contributed by atoms with Gasteiger partial charge in [-0.25, -0.2) is 4.98 Å². The van der Waals surface area contributed by atoms with Gasteiger partial charge in [0.2, 0.25) is 0 Å². The van der Waals surface area contributed by atoms with Gasteiger partial charge in [0.05, 0.1) is 12.0 Å². The van der Waals surface area contributed by atoms with Gasteiger partial charge in [-0.3, -0.25) is 4.90 Å². The standard InChI is InChI=1S/C11H19N3O/c1-2-14-9-12-5-11(14)7-13-4-3-10(6-13)8-15/h5,9-10,15H,2-4,6-8H2,1H3. The van der Waals surface area contributed by atoms with Crippen LogP contribution >= 0.6 is 0 Å². The molecule has 1 fully saturated rings. The molecule has 4 nitrogen and oxygen atoms in total. The second-order valence-corrected chi connectivity index (χ2v) is 4.24. The second-order valence-electron chi connectivity index (χ2n) is 4.24. The fourth-order valence-corrected chi connectivity index (χ4v) is 2.20. The number of likely N-dealkylation sites (tertiary alicyclic amines) is 1. The van der Waals surface area contributed by atoms with Crippen LogP contribution in [0.25, 0.3) is 0 Å². The zero-order valence-corrected chi connectivity index (χ0v) is 9.26. The van der Waals surface area contributed by atoms with E-state index in [0.717, 1.165) is 32.6 Å². The summed E-state index contributed by atoms with van der Waals surface area (Å²) in [5, 5.41) is 9.07. The number of aliphatic hydroxyl groups is 1. The second kappa shape index (κ2) is 4.77. The fourth-order valence-electron chi connectivity index (χ4n) is 2.20. The maximum atomic E-state index is 9.07. The fraction of sp³-hybridized carbons (Fsp3) is 0.727. The molecule has 1 aromatic heterocycles. The molecule has 0 amide bonds. The van der Waals surface area contributed by atoms with E-state index in [0.29, 0.717) is 12.5 Å². The van der Waals surface area contributed by atoms with E-state index in [-0.39, 0.29) is 0 Å². The molecule has 0 radical (unpaired) electrons. The molecule has 0 bridgehead atoms. The van der Waals surface area contributed by atoms with Crippen LogP contribution in [0.3, 0.4) is 0 Å². The quantitative estimate of drug-likeness (QED) is 0.794. The molecular weight excluding hydrogens is 190 g/mol. The molecule has 0 saturated carbocycles. The van der Waals surface area contributed by atoms with E-state index in [9.17, 15) is 0 Å².